The van der Waals surface area contributed by atoms with Gasteiger partial charge >= 0.3 is 5.97 Å². The van der Waals surface area contributed by atoms with E-state index in [9.17, 15) is 9.59 Å². The molecule has 5 nitrogen and oxygen atoms in total. The lowest BCUT2D eigenvalue weighted by molar-refractivity contribution is -0.144. The molecule has 1 aromatic rings. The molecule has 8 heteroatoms. The molecule has 0 N–H and O–H groups in total. The summed E-state index contributed by atoms with van der Waals surface area (Å²) >= 11 is 6.62. The van der Waals surface area contributed by atoms with Gasteiger partial charge in [-0.25, -0.2) is 0 Å². The summed E-state index contributed by atoms with van der Waals surface area (Å²) in [5.74, 6) is -0.339. The molecule has 2 rings (SSSR count). The summed E-state index contributed by atoms with van der Waals surface area (Å²) in [5, 5.41) is 0. The summed E-state index contributed by atoms with van der Waals surface area (Å²) < 4.78 is 5.68. The highest BCUT2D eigenvalue weighted by Gasteiger charge is 2.31. The number of amides is 1. The number of benzene rings is 1. The number of esters is 1. The molecule has 0 atom stereocenters. The predicted molar refractivity (Wildman–Crippen MR) is 117 cm³/mol. The third-order valence-electron chi connectivity index (χ3n) is 3.81. The number of carbonyl (C=O) groups excluding carboxylic acids is 2. The number of halogens is 1. The second kappa shape index (κ2) is 11.4. The fraction of sp³-hybridized carbons (Fsp3) is 0.421. The van der Waals surface area contributed by atoms with Crippen molar-refractivity contribution in [2.24, 2.45) is 0 Å². The molecule has 0 aliphatic carbocycles. The maximum absolute atomic E-state index is 12.5. The zero-order valence-electron chi connectivity index (χ0n) is 15.8. The van der Waals surface area contributed by atoms with Gasteiger partial charge in [0.25, 0.3) is 5.91 Å². The Morgan fingerprint density at radius 3 is 2.59 bits per heavy atom. The first-order valence-corrected chi connectivity index (χ1v) is 9.71. The van der Waals surface area contributed by atoms with Gasteiger partial charge in [0, 0.05) is 19.5 Å². The topological polar surface area (TPSA) is 49.9 Å². The Morgan fingerprint density at radius 1 is 1.30 bits per heavy atom. The van der Waals surface area contributed by atoms with Gasteiger partial charge in [0.05, 0.1) is 4.91 Å². The number of ether oxygens (including phenoxy) is 1. The minimum absolute atomic E-state index is 0. The Labute approximate surface area is 176 Å². The van der Waals surface area contributed by atoms with Crippen LogP contribution >= 0.6 is 36.4 Å². The summed E-state index contributed by atoms with van der Waals surface area (Å²) in [6, 6.07) is 7.97. The van der Waals surface area contributed by atoms with Crippen molar-refractivity contribution in [3.63, 3.8) is 0 Å². The molecule has 0 radical (unpaired) electrons. The molecule has 1 fully saturated rings. The van der Waals surface area contributed by atoms with Gasteiger partial charge in [0.15, 0.2) is 0 Å². The predicted octanol–water partition coefficient (Wildman–Crippen LogP) is 3.50. The number of nitrogens with zero attached hydrogens (tertiary/aromatic N) is 2. The molecule has 0 aromatic heterocycles. The Hall–Kier alpha value is -1.41. The lowest BCUT2D eigenvalue weighted by atomic mass is 10.1. The van der Waals surface area contributed by atoms with Gasteiger partial charge < -0.3 is 9.64 Å². The lowest BCUT2D eigenvalue weighted by Crippen LogP contribution is -2.29. The quantitative estimate of drug-likeness (QED) is 0.359. The van der Waals surface area contributed by atoms with E-state index in [4.69, 9.17) is 17.0 Å². The second-order valence-corrected chi connectivity index (χ2v) is 8.05. The molecular formula is C19H25ClN2O3S2. The molecular weight excluding hydrogens is 404 g/mol. The summed E-state index contributed by atoms with van der Waals surface area (Å²) in [6.45, 7) is 3.53. The van der Waals surface area contributed by atoms with Crippen LogP contribution in [0.25, 0.3) is 6.08 Å². The molecule has 1 aromatic carbocycles. The molecule has 1 saturated heterocycles. The third-order valence-corrected chi connectivity index (χ3v) is 5.19. The van der Waals surface area contributed by atoms with E-state index in [1.54, 1.807) is 4.90 Å². The van der Waals surface area contributed by atoms with E-state index < -0.39 is 0 Å². The highest BCUT2D eigenvalue weighted by molar-refractivity contribution is 8.26. The van der Waals surface area contributed by atoms with Gasteiger partial charge in [-0.05, 0) is 39.1 Å². The number of aryl methyl sites for hydroxylation is 1. The first kappa shape index (κ1) is 23.6. The van der Waals surface area contributed by atoms with Crippen molar-refractivity contribution in [1.29, 1.82) is 0 Å². The zero-order valence-corrected chi connectivity index (χ0v) is 18.2. The second-order valence-electron chi connectivity index (χ2n) is 6.37. The van der Waals surface area contributed by atoms with E-state index in [0.717, 1.165) is 5.56 Å². The van der Waals surface area contributed by atoms with E-state index in [1.807, 2.05) is 56.3 Å². The molecule has 1 heterocycles. The van der Waals surface area contributed by atoms with Crippen LogP contribution < -0.4 is 0 Å². The summed E-state index contributed by atoms with van der Waals surface area (Å²) in [4.78, 5) is 28.4. The largest absolute Gasteiger partial charge is 0.464 e. The number of carbonyl (C=O) groups is 2. The maximum Gasteiger partial charge on any atom is 0.305 e. The normalized spacial score (nSPS) is 15.4. The molecule has 148 valence electrons. The monoisotopic (exact) mass is 428 g/mol. The van der Waals surface area contributed by atoms with E-state index >= 15 is 0 Å². The number of hydrogen-bond acceptors (Lipinski definition) is 6. The van der Waals surface area contributed by atoms with Crippen LogP contribution in [0.4, 0.5) is 0 Å². The van der Waals surface area contributed by atoms with Crippen LogP contribution in [-0.4, -0.2) is 59.8 Å². The zero-order chi connectivity index (χ0) is 19.1. The van der Waals surface area contributed by atoms with Crippen LogP contribution in [-0.2, 0) is 14.3 Å². The average Bonchev–Trinajstić information content (AvgIpc) is 2.84. The molecule has 1 aliphatic heterocycles. The first-order valence-electron chi connectivity index (χ1n) is 8.49. The van der Waals surface area contributed by atoms with E-state index in [1.165, 1.54) is 17.3 Å². The van der Waals surface area contributed by atoms with Crippen LogP contribution in [0.1, 0.15) is 24.0 Å². The van der Waals surface area contributed by atoms with E-state index in [2.05, 4.69) is 0 Å². The molecule has 27 heavy (non-hydrogen) atoms. The Bertz CT molecular complexity index is 705. The van der Waals surface area contributed by atoms with Gasteiger partial charge in [-0.1, -0.05) is 53.8 Å². The SMILES string of the molecule is Cc1ccc(C=C2SC(=S)N(CCCC(=O)OCCN(C)C)C2=O)cc1.Cl. The number of thioether (sulfide) groups is 1. The minimum Gasteiger partial charge on any atom is -0.464 e. The molecule has 1 aliphatic rings. The number of likely N-dealkylation sites (N-methyl/N-ethyl adjacent to an activating group) is 1. The van der Waals surface area contributed by atoms with Gasteiger partial charge in [-0.15, -0.1) is 12.4 Å². The molecule has 1 amide bonds. The van der Waals surface area contributed by atoms with Gasteiger partial charge in [-0.2, -0.15) is 0 Å². The fourth-order valence-electron chi connectivity index (χ4n) is 2.30. The Kier molecular flexibility index (Phi) is 10.0. The summed E-state index contributed by atoms with van der Waals surface area (Å²) in [5.41, 5.74) is 2.15. The fourth-order valence-corrected chi connectivity index (χ4v) is 3.61. The van der Waals surface area contributed by atoms with Crippen LogP contribution in [0.3, 0.4) is 0 Å². The van der Waals surface area contributed by atoms with Gasteiger partial charge in [0.2, 0.25) is 0 Å². The Morgan fingerprint density at radius 2 is 1.96 bits per heavy atom. The van der Waals surface area contributed by atoms with Crippen molar-refractivity contribution < 1.29 is 14.3 Å². The van der Waals surface area contributed by atoms with E-state index in [-0.39, 0.29) is 30.7 Å². The maximum atomic E-state index is 12.5. The van der Waals surface area contributed by atoms with Crippen molar-refractivity contribution in [2.75, 3.05) is 33.8 Å². The van der Waals surface area contributed by atoms with Crippen LogP contribution in [0.5, 0.6) is 0 Å². The number of thiocarbonyl (C=S) groups is 1. The first-order chi connectivity index (χ1) is 12.4. The molecule has 0 spiro atoms. The smallest absolute Gasteiger partial charge is 0.305 e. The third kappa shape index (κ3) is 7.62. The van der Waals surface area contributed by atoms with Crippen LogP contribution in [0.15, 0.2) is 29.2 Å². The van der Waals surface area contributed by atoms with E-state index in [0.29, 0.717) is 35.3 Å². The highest BCUT2D eigenvalue weighted by atomic mass is 35.5. The van der Waals surface area contributed by atoms with Crippen molar-refractivity contribution in [2.45, 2.75) is 19.8 Å². The molecule has 0 saturated carbocycles. The number of rotatable bonds is 8. The van der Waals surface area contributed by atoms with Crippen molar-refractivity contribution in [3.8, 4) is 0 Å². The minimum atomic E-state index is -0.243. The van der Waals surface area contributed by atoms with Crippen LogP contribution in [0.2, 0.25) is 0 Å². The average molecular weight is 429 g/mol. The van der Waals surface area contributed by atoms with Crippen molar-refractivity contribution in [1.82, 2.24) is 9.80 Å². The summed E-state index contributed by atoms with van der Waals surface area (Å²) in [6.07, 6.45) is 2.67. The van der Waals surface area contributed by atoms with Crippen molar-refractivity contribution >= 4 is 58.7 Å². The molecule has 0 bridgehead atoms. The highest BCUT2D eigenvalue weighted by Crippen LogP contribution is 2.32. The standard InChI is InChI=1S/C19H24N2O3S2.ClH/c1-14-6-8-15(9-7-14)13-16-18(23)21(19(25)26-16)10-4-5-17(22)24-12-11-20(2)3;/h6-9,13H,4-5,10-12H2,1-3H3;1H. The number of hydrogen-bond donors (Lipinski definition) is 0. The van der Waals surface area contributed by atoms with Crippen molar-refractivity contribution in [3.05, 3.63) is 40.3 Å². The summed E-state index contributed by atoms with van der Waals surface area (Å²) in [7, 11) is 3.85. The van der Waals surface area contributed by atoms with Gasteiger partial charge in [0.1, 0.15) is 10.9 Å². The lowest BCUT2D eigenvalue weighted by Gasteiger charge is -2.14. The molecule has 0 unspecified atom stereocenters. The Balaban J connectivity index is 0.00000364. The van der Waals surface area contributed by atoms with Gasteiger partial charge in [-0.3, -0.25) is 14.5 Å². The van der Waals surface area contributed by atoms with Crippen LogP contribution in [0, 0.1) is 6.92 Å².